The summed E-state index contributed by atoms with van der Waals surface area (Å²) in [6.07, 6.45) is 4.29. The fraction of sp³-hybridized carbons (Fsp3) is 0.636. The molecule has 0 saturated carbocycles. The van der Waals surface area contributed by atoms with Crippen LogP contribution in [0.1, 0.15) is 18.5 Å². The van der Waals surface area contributed by atoms with Crippen molar-refractivity contribution < 1.29 is 0 Å². The monoisotopic (exact) mass is 242 g/mol. The van der Waals surface area contributed by atoms with Gasteiger partial charge in [-0.2, -0.15) is 0 Å². The Morgan fingerprint density at radius 1 is 1.50 bits per heavy atom. The van der Waals surface area contributed by atoms with E-state index in [2.05, 4.69) is 20.2 Å². The molecule has 5 heteroatoms. The number of nitrogens with zero attached hydrogens (tertiary/aromatic N) is 3. The third kappa shape index (κ3) is 3.06. The van der Waals surface area contributed by atoms with Crippen LogP contribution in [0.4, 0.5) is 5.95 Å². The van der Waals surface area contributed by atoms with Crippen molar-refractivity contribution in [1.29, 1.82) is 0 Å². The number of rotatable bonds is 2. The molecule has 16 heavy (non-hydrogen) atoms. The molecule has 0 bridgehead atoms. The second kappa shape index (κ2) is 6.01. The molecule has 0 aliphatic carbocycles. The molecule has 1 fully saturated rings. The molecule has 0 aromatic carbocycles. The van der Waals surface area contributed by atoms with Crippen molar-refractivity contribution in [3.05, 3.63) is 18.0 Å². The summed E-state index contributed by atoms with van der Waals surface area (Å²) >= 11 is 0. The van der Waals surface area contributed by atoms with E-state index in [1.165, 1.54) is 12.8 Å². The third-order valence-corrected chi connectivity index (χ3v) is 2.89. The van der Waals surface area contributed by atoms with Gasteiger partial charge in [-0.15, -0.1) is 12.4 Å². The zero-order valence-electron chi connectivity index (χ0n) is 9.81. The fourth-order valence-corrected chi connectivity index (χ4v) is 1.98. The zero-order chi connectivity index (χ0) is 10.7. The van der Waals surface area contributed by atoms with Crippen molar-refractivity contribution >= 4 is 18.4 Å². The predicted octanol–water partition coefficient (Wildman–Crippen LogP) is 1.40. The lowest BCUT2D eigenvalue weighted by Gasteiger charge is -2.32. The number of likely N-dealkylation sites (N-methyl/N-ethyl adjacent to an activating group) is 1. The maximum atomic E-state index is 4.45. The van der Waals surface area contributed by atoms with Crippen LogP contribution in [-0.4, -0.2) is 36.1 Å². The smallest absolute Gasteiger partial charge is 0.225 e. The Balaban J connectivity index is 0.00000128. The van der Waals surface area contributed by atoms with Crippen LogP contribution in [0.5, 0.6) is 0 Å². The first kappa shape index (κ1) is 13.2. The van der Waals surface area contributed by atoms with Gasteiger partial charge in [-0.3, -0.25) is 0 Å². The molecule has 1 saturated heterocycles. The van der Waals surface area contributed by atoms with Crippen LogP contribution in [0, 0.1) is 6.92 Å². The van der Waals surface area contributed by atoms with Crippen LogP contribution in [0.15, 0.2) is 12.3 Å². The van der Waals surface area contributed by atoms with E-state index in [1.54, 1.807) is 0 Å². The number of aryl methyl sites for hydroxylation is 1. The van der Waals surface area contributed by atoms with E-state index in [0.29, 0.717) is 6.04 Å². The van der Waals surface area contributed by atoms with Crippen LogP contribution < -0.4 is 10.2 Å². The van der Waals surface area contributed by atoms with Crippen molar-refractivity contribution in [2.24, 2.45) is 0 Å². The predicted molar refractivity (Wildman–Crippen MR) is 68.3 cm³/mol. The van der Waals surface area contributed by atoms with E-state index >= 15 is 0 Å². The number of hydrogen-bond acceptors (Lipinski definition) is 4. The molecule has 0 amide bonds. The molecular weight excluding hydrogens is 224 g/mol. The Morgan fingerprint density at radius 2 is 2.31 bits per heavy atom. The van der Waals surface area contributed by atoms with E-state index in [-0.39, 0.29) is 12.4 Å². The van der Waals surface area contributed by atoms with E-state index in [4.69, 9.17) is 0 Å². The first-order valence-corrected chi connectivity index (χ1v) is 5.51. The molecule has 1 unspecified atom stereocenters. The highest BCUT2D eigenvalue weighted by Crippen LogP contribution is 2.15. The first-order chi connectivity index (χ1) is 7.29. The van der Waals surface area contributed by atoms with Gasteiger partial charge >= 0.3 is 0 Å². The summed E-state index contributed by atoms with van der Waals surface area (Å²) in [6, 6.07) is 2.51. The molecule has 1 aromatic heterocycles. The number of halogens is 1. The Labute approximate surface area is 103 Å². The zero-order valence-corrected chi connectivity index (χ0v) is 10.6. The summed E-state index contributed by atoms with van der Waals surface area (Å²) in [6.45, 7) is 4.09. The van der Waals surface area contributed by atoms with Gasteiger partial charge < -0.3 is 10.2 Å². The Morgan fingerprint density at radius 3 is 3.00 bits per heavy atom. The molecule has 1 aliphatic heterocycles. The highest BCUT2D eigenvalue weighted by Gasteiger charge is 2.20. The quantitative estimate of drug-likeness (QED) is 0.851. The van der Waals surface area contributed by atoms with Crippen LogP contribution in [0.25, 0.3) is 0 Å². The van der Waals surface area contributed by atoms with Gasteiger partial charge in [0.25, 0.3) is 0 Å². The van der Waals surface area contributed by atoms with Crippen molar-refractivity contribution in [3.63, 3.8) is 0 Å². The second-order valence-electron chi connectivity index (χ2n) is 4.07. The van der Waals surface area contributed by atoms with Crippen molar-refractivity contribution in [2.45, 2.75) is 25.8 Å². The normalized spacial score (nSPS) is 20.4. The summed E-state index contributed by atoms with van der Waals surface area (Å²) < 4.78 is 0. The molecule has 4 nitrogen and oxygen atoms in total. The molecule has 0 spiro atoms. The van der Waals surface area contributed by atoms with Crippen molar-refractivity contribution in [3.8, 4) is 0 Å². The summed E-state index contributed by atoms with van der Waals surface area (Å²) in [7, 11) is 2.02. The minimum Gasteiger partial charge on any atom is -0.339 e. The molecule has 1 N–H and O–H groups in total. The topological polar surface area (TPSA) is 41.0 Å². The molecule has 2 rings (SSSR count). The molecule has 2 heterocycles. The van der Waals surface area contributed by atoms with E-state index < -0.39 is 0 Å². The van der Waals surface area contributed by atoms with Crippen LogP contribution in [0.2, 0.25) is 0 Å². The molecule has 1 atom stereocenters. The van der Waals surface area contributed by atoms with E-state index in [1.807, 2.05) is 26.2 Å². The van der Waals surface area contributed by atoms with Gasteiger partial charge in [0.2, 0.25) is 5.95 Å². The number of piperidine rings is 1. The van der Waals surface area contributed by atoms with Crippen LogP contribution in [0.3, 0.4) is 0 Å². The summed E-state index contributed by atoms with van der Waals surface area (Å²) in [4.78, 5) is 11.0. The molecule has 1 aromatic rings. The number of hydrogen-bond donors (Lipinski definition) is 1. The molecule has 1 aliphatic rings. The largest absolute Gasteiger partial charge is 0.339 e. The standard InChI is InChI=1S/C11H18N4.ClH/c1-9-5-6-13-11(14-9)15-7-3-4-10(8-15)12-2;/h5-6,10,12H,3-4,7-8H2,1-2H3;1H. The summed E-state index contributed by atoms with van der Waals surface area (Å²) in [5.74, 6) is 0.870. The molecule has 0 radical (unpaired) electrons. The Bertz CT molecular complexity index is 332. The van der Waals surface area contributed by atoms with Gasteiger partial charge in [-0.1, -0.05) is 0 Å². The highest BCUT2D eigenvalue weighted by molar-refractivity contribution is 5.85. The van der Waals surface area contributed by atoms with E-state index in [0.717, 1.165) is 24.7 Å². The van der Waals surface area contributed by atoms with Crippen LogP contribution >= 0.6 is 12.4 Å². The molecule has 90 valence electrons. The van der Waals surface area contributed by atoms with Gasteiger partial charge in [0.05, 0.1) is 0 Å². The lowest BCUT2D eigenvalue weighted by atomic mass is 10.1. The van der Waals surface area contributed by atoms with E-state index in [9.17, 15) is 0 Å². The maximum absolute atomic E-state index is 4.45. The van der Waals surface area contributed by atoms with Crippen molar-refractivity contribution in [1.82, 2.24) is 15.3 Å². The third-order valence-electron chi connectivity index (χ3n) is 2.89. The second-order valence-corrected chi connectivity index (χ2v) is 4.07. The van der Waals surface area contributed by atoms with Gasteiger partial charge in [0.15, 0.2) is 0 Å². The number of anilines is 1. The lowest BCUT2D eigenvalue weighted by molar-refractivity contribution is 0.445. The van der Waals surface area contributed by atoms with Crippen LogP contribution in [-0.2, 0) is 0 Å². The fourth-order valence-electron chi connectivity index (χ4n) is 1.98. The average molecular weight is 243 g/mol. The maximum Gasteiger partial charge on any atom is 0.225 e. The van der Waals surface area contributed by atoms with Gasteiger partial charge in [0.1, 0.15) is 0 Å². The Hall–Kier alpha value is -0.870. The average Bonchev–Trinajstić information content (AvgIpc) is 2.29. The summed E-state index contributed by atoms with van der Waals surface area (Å²) in [5, 5.41) is 3.32. The SMILES string of the molecule is CNC1CCCN(c2nccc(C)n2)C1.Cl. The lowest BCUT2D eigenvalue weighted by Crippen LogP contribution is -2.45. The summed E-state index contributed by atoms with van der Waals surface area (Å²) in [5.41, 5.74) is 1.03. The van der Waals surface area contributed by atoms with Crippen molar-refractivity contribution in [2.75, 3.05) is 25.0 Å². The number of nitrogens with one attached hydrogen (secondary N) is 1. The molecular formula is C11H19ClN4. The first-order valence-electron chi connectivity index (χ1n) is 5.51. The Kier molecular flexibility index (Phi) is 4.96. The van der Waals surface area contributed by atoms with Gasteiger partial charge in [-0.25, -0.2) is 9.97 Å². The minimum absolute atomic E-state index is 0. The minimum atomic E-state index is 0. The number of aromatic nitrogens is 2. The highest BCUT2D eigenvalue weighted by atomic mass is 35.5. The van der Waals surface area contributed by atoms with Gasteiger partial charge in [0, 0.05) is 31.0 Å². The van der Waals surface area contributed by atoms with Gasteiger partial charge in [-0.05, 0) is 32.9 Å².